The fourth-order valence-corrected chi connectivity index (χ4v) is 4.50. The van der Waals surface area contributed by atoms with Gasteiger partial charge in [-0.1, -0.05) is 22.0 Å². The molecule has 1 aliphatic heterocycles. The number of nitrogens with one attached hydrogen (secondary N) is 1. The molecule has 0 bridgehead atoms. The maximum Gasteiger partial charge on any atom is 0.243 e. The highest BCUT2D eigenvalue weighted by Gasteiger charge is 2.30. The molecule has 1 N–H and O–H groups in total. The smallest absolute Gasteiger partial charge is 0.243 e. The Balaban J connectivity index is 2.37. The Morgan fingerprint density at radius 3 is 2.32 bits per heavy atom. The number of quaternary nitrogens is 1. The average molecular weight is 348 g/mol. The molecular weight excluding hydrogens is 328 g/mol. The van der Waals surface area contributed by atoms with Gasteiger partial charge in [0, 0.05) is 4.47 Å². The van der Waals surface area contributed by atoms with Gasteiger partial charge < -0.3 is 4.90 Å². The van der Waals surface area contributed by atoms with Crippen molar-refractivity contribution in [1.29, 1.82) is 0 Å². The van der Waals surface area contributed by atoms with Crippen molar-refractivity contribution in [1.82, 2.24) is 4.31 Å². The number of halogens is 1. The molecule has 1 fully saturated rings. The van der Waals surface area contributed by atoms with Gasteiger partial charge in [-0.05, 0) is 31.0 Å². The van der Waals surface area contributed by atoms with Crippen molar-refractivity contribution in [2.24, 2.45) is 0 Å². The van der Waals surface area contributed by atoms with Crippen LogP contribution in [-0.2, 0) is 10.0 Å². The van der Waals surface area contributed by atoms with Crippen LogP contribution in [0.25, 0.3) is 0 Å². The van der Waals surface area contributed by atoms with Crippen LogP contribution >= 0.6 is 15.9 Å². The van der Waals surface area contributed by atoms with Gasteiger partial charge >= 0.3 is 0 Å². The van der Waals surface area contributed by atoms with Crippen LogP contribution in [-0.4, -0.2) is 45.9 Å². The molecular formula is C13H20BrN2O2S+. The zero-order valence-electron chi connectivity index (χ0n) is 11.5. The standard InChI is InChI=1S/C13H19BrN2O2S/c1-10-8-11(2)13(9-12(10)14)19(17,18)16-6-4-15(3)5-7-16/h8-9H,4-7H2,1-3H3/p+1. The first-order valence-corrected chi connectivity index (χ1v) is 8.64. The molecule has 1 aromatic carbocycles. The monoisotopic (exact) mass is 347 g/mol. The van der Waals surface area contributed by atoms with E-state index in [1.807, 2.05) is 19.9 Å². The van der Waals surface area contributed by atoms with E-state index in [0.717, 1.165) is 28.7 Å². The molecule has 1 saturated heterocycles. The Labute approximate surface area is 123 Å². The summed E-state index contributed by atoms with van der Waals surface area (Å²) in [6.07, 6.45) is 0. The Hall–Kier alpha value is -0.430. The Morgan fingerprint density at radius 2 is 1.74 bits per heavy atom. The minimum Gasteiger partial charge on any atom is -0.335 e. The highest BCUT2D eigenvalue weighted by atomic mass is 79.9. The fraction of sp³-hybridized carbons (Fsp3) is 0.538. The van der Waals surface area contributed by atoms with Crippen LogP contribution in [0.4, 0.5) is 0 Å². The summed E-state index contributed by atoms with van der Waals surface area (Å²) in [5, 5.41) is 0. The predicted octanol–water partition coefficient (Wildman–Crippen LogP) is 0.585. The zero-order valence-corrected chi connectivity index (χ0v) is 13.9. The van der Waals surface area contributed by atoms with Gasteiger partial charge in [-0.2, -0.15) is 4.31 Å². The van der Waals surface area contributed by atoms with E-state index in [0.29, 0.717) is 18.0 Å². The van der Waals surface area contributed by atoms with Gasteiger partial charge in [0.1, 0.15) is 0 Å². The van der Waals surface area contributed by atoms with Gasteiger partial charge in [-0.3, -0.25) is 0 Å². The summed E-state index contributed by atoms with van der Waals surface area (Å²) in [4.78, 5) is 1.80. The van der Waals surface area contributed by atoms with Gasteiger partial charge in [-0.25, -0.2) is 8.42 Å². The molecule has 0 aromatic heterocycles. The molecule has 1 heterocycles. The predicted molar refractivity (Wildman–Crippen MR) is 79.0 cm³/mol. The average Bonchev–Trinajstić information content (AvgIpc) is 2.34. The molecule has 106 valence electrons. The molecule has 6 heteroatoms. The first kappa shape index (κ1) is 15.0. The molecule has 4 nitrogen and oxygen atoms in total. The van der Waals surface area contributed by atoms with Crippen molar-refractivity contribution in [2.75, 3.05) is 33.2 Å². The summed E-state index contributed by atoms with van der Waals surface area (Å²) in [6, 6.07) is 3.64. The molecule has 0 spiro atoms. The minimum absolute atomic E-state index is 0.421. The summed E-state index contributed by atoms with van der Waals surface area (Å²) in [5.41, 5.74) is 1.87. The van der Waals surface area contributed by atoms with Gasteiger partial charge in [0.15, 0.2) is 0 Å². The first-order chi connectivity index (χ1) is 8.82. The van der Waals surface area contributed by atoms with Crippen LogP contribution < -0.4 is 4.90 Å². The number of likely N-dealkylation sites (N-methyl/N-ethyl adjacent to an activating group) is 1. The molecule has 0 radical (unpaired) electrons. The number of nitrogens with zero attached hydrogens (tertiary/aromatic N) is 1. The normalized spacial score (nSPS) is 18.7. The van der Waals surface area contributed by atoms with Crippen molar-refractivity contribution in [3.63, 3.8) is 0 Å². The summed E-state index contributed by atoms with van der Waals surface area (Å²) in [7, 11) is -1.27. The van der Waals surface area contributed by atoms with E-state index >= 15 is 0 Å². The lowest BCUT2D eigenvalue weighted by atomic mass is 10.2. The number of hydrogen-bond acceptors (Lipinski definition) is 2. The molecule has 0 unspecified atom stereocenters. The van der Waals surface area contributed by atoms with Crippen molar-refractivity contribution < 1.29 is 13.3 Å². The van der Waals surface area contributed by atoms with Crippen molar-refractivity contribution in [3.05, 3.63) is 27.7 Å². The second-order valence-electron chi connectivity index (χ2n) is 5.23. The SMILES string of the molecule is Cc1cc(C)c(S(=O)(=O)N2CC[NH+](C)CC2)cc1Br. The van der Waals surface area contributed by atoms with E-state index < -0.39 is 10.0 Å². The summed E-state index contributed by atoms with van der Waals surface area (Å²) < 4.78 is 27.8. The largest absolute Gasteiger partial charge is 0.335 e. The van der Waals surface area contributed by atoms with Crippen molar-refractivity contribution in [3.8, 4) is 0 Å². The van der Waals surface area contributed by atoms with Crippen molar-refractivity contribution >= 4 is 26.0 Å². The zero-order chi connectivity index (χ0) is 14.2. The molecule has 0 aliphatic carbocycles. The molecule has 0 saturated carbocycles. The van der Waals surface area contributed by atoms with Gasteiger partial charge in [0.05, 0.1) is 38.1 Å². The number of benzene rings is 1. The fourth-order valence-electron chi connectivity index (χ4n) is 2.33. The van der Waals surface area contributed by atoms with E-state index in [1.54, 1.807) is 10.4 Å². The van der Waals surface area contributed by atoms with Crippen LogP contribution in [0.15, 0.2) is 21.5 Å². The topological polar surface area (TPSA) is 41.8 Å². The van der Waals surface area contributed by atoms with Gasteiger partial charge in [0.25, 0.3) is 0 Å². The van der Waals surface area contributed by atoms with E-state index in [1.165, 1.54) is 4.90 Å². The number of rotatable bonds is 2. The van der Waals surface area contributed by atoms with E-state index in [2.05, 4.69) is 23.0 Å². The molecule has 2 rings (SSSR count). The van der Waals surface area contributed by atoms with Crippen LogP contribution in [0.1, 0.15) is 11.1 Å². The Morgan fingerprint density at radius 1 is 1.16 bits per heavy atom. The third-order valence-corrected chi connectivity index (χ3v) is 6.54. The first-order valence-electron chi connectivity index (χ1n) is 6.40. The Kier molecular flexibility index (Phi) is 4.35. The maximum atomic E-state index is 12.7. The highest BCUT2D eigenvalue weighted by molar-refractivity contribution is 9.10. The van der Waals surface area contributed by atoms with E-state index in [9.17, 15) is 8.42 Å². The second-order valence-corrected chi connectivity index (χ2v) is 7.99. The summed E-state index contributed by atoms with van der Waals surface area (Å²) in [6.45, 7) is 6.75. The van der Waals surface area contributed by atoms with E-state index in [4.69, 9.17) is 0 Å². The summed E-state index contributed by atoms with van der Waals surface area (Å²) in [5.74, 6) is 0. The van der Waals surface area contributed by atoms with Crippen LogP contribution in [0, 0.1) is 13.8 Å². The lowest BCUT2D eigenvalue weighted by Crippen LogP contribution is -3.12. The van der Waals surface area contributed by atoms with Crippen LogP contribution in [0.3, 0.4) is 0 Å². The molecule has 19 heavy (non-hydrogen) atoms. The molecule has 0 atom stereocenters. The van der Waals surface area contributed by atoms with Gasteiger partial charge in [-0.15, -0.1) is 0 Å². The molecule has 0 amide bonds. The number of hydrogen-bond donors (Lipinski definition) is 1. The lowest BCUT2D eigenvalue weighted by molar-refractivity contribution is -0.883. The van der Waals surface area contributed by atoms with Crippen molar-refractivity contribution in [2.45, 2.75) is 18.7 Å². The summed E-state index contributed by atoms with van der Waals surface area (Å²) >= 11 is 3.42. The highest BCUT2D eigenvalue weighted by Crippen LogP contribution is 2.26. The number of piperazine rings is 1. The van der Waals surface area contributed by atoms with E-state index in [-0.39, 0.29) is 0 Å². The molecule has 1 aliphatic rings. The molecule has 1 aromatic rings. The second kappa shape index (κ2) is 5.52. The number of sulfonamides is 1. The minimum atomic E-state index is -3.37. The third kappa shape index (κ3) is 3.02. The Bertz CT molecular complexity index is 579. The van der Waals surface area contributed by atoms with Gasteiger partial charge in [0.2, 0.25) is 10.0 Å². The van der Waals surface area contributed by atoms with Crippen LogP contribution in [0.5, 0.6) is 0 Å². The maximum absolute atomic E-state index is 12.7. The lowest BCUT2D eigenvalue weighted by Gasteiger charge is -2.29. The number of aryl methyl sites for hydroxylation is 2. The van der Waals surface area contributed by atoms with Crippen LogP contribution in [0.2, 0.25) is 0 Å². The quantitative estimate of drug-likeness (QED) is 0.850. The third-order valence-electron chi connectivity index (χ3n) is 3.65.